The number of pyridine rings is 1. The lowest BCUT2D eigenvalue weighted by Crippen LogP contribution is -2.24. The zero-order valence-corrected chi connectivity index (χ0v) is 11.9. The Labute approximate surface area is 118 Å². The third kappa shape index (κ3) is 4.35. The second-order valence-corrected chi connectivity index (χ2v) is 5.76. The number of hydrogen-bond donors (Lipinski definition) is 1. The minimum Gasteiger partial charge on any atom is -0.304 e. The molecule has 1 unspecified atom stereocenters. The minimum absolute atomic E-state index is 0.0206. The van der Waals surface area contributed by atoms with Crippen LogP contribution < -0.4 is 5.32 Å². The Morgan fingerprint density at radius 1 is 1.42 bits per heavy atom. The number of aromatic nitrogens is 1. The molecule has 1 saturated heterocycles. The van der Waals surface area contributed by atoms with Gasteiger partial charge in [-0.25, -0.2) is 4.99 Å². The molecule has 2 heterocycles. The summed E-state index contributed by atoms with van der Waals surface area (Å²) < 4.78 is 0. The van der Waals surface area contributed by atoms with Crippen molar-refractivity contribution in [3.63, 3.8) is 0 Å². The van der Waals surface area contributed by atoms with Gasteiger partial charge in [-0.2, -0.15) is 0 Å². The summed E-state index contributed by atoms with van der Waals surface area (Å²) in [4.78, 5) is 20.2. The number of carbonyl (C=O) groups is 1. The zero-order chi connectivity index (χ0) is 13.5. The van der Waals surface area contributed by atoms with E-state index in [9.17, 15) is 4.79 Å². The second-order valence-electron chi connectivity index (χ2n) is 4.57. The van der Waals surface area contributed by atoms with Crippen LogP contribution in [0.4, 0.5) is 5.69 Å². The lowest BCUT2D eigenvalue weighted by atomic mass is 10.1. The summed E-state index contributed by atoms with van der Waals surface area (Å²) >= 11 is 1.53. The van der Waals surface area contributed by atoms with Gasteiger partial charge < -0.3 is 5.32 Å². The molecule has 0 saturated carbocycles. The molecule has 2 rings (SSSR count). The van der Waals surface area contributed by atoms with Crippen LogP contribution in [-0.4, -0.2) is 21.3 Å². The van der Waals surface area contributed by atoms with Crippen LogP contribution in [0.5, 0.6) is 0 Å². The van der Waals surface area contributed by atoms with E-state index in [2.05, 4.69) is 22.2 Å². The van der Waals surface area contributed by atoms with Crippen molar-refractivity contribution in [2.45, 2.75) is 44.3 Å². The van der Waals surface area contributed by atoms with E-state index in [4.69, 9.17) is 0 Å². The molecule has 0 aromatic carbocycles. The number of carbonyl (C=O) groups excluding carboxylic acids is 1. The molecule has 0 spiro atoms. The van der Waals surface area contributed by atoms with E-state index >= 15 is 0 Å². The van der Waals surface area contributed by atoms with Gasteiger partial charge in [0.15, 0.2) is 5.17 Å². The van der Waals surface area contributed by atoms with Crippen molar-refractivity contribution in [1.82, 2.24) is 10.3 Å². The van der Waals surface area contributed by atoms with Crippen LogP contribution in [0.3, 0.4) is 0 Å². The number of amidine groups is 1. The lowest BCUT2D eigenvalue weighted by molar-refractivity contribution is -0.118. The number of hydrogen-bond acceptors (Lipinski definition) is 4. The Morgan fingerprint density at radius 3 is 3.05 bits per heavy atom. The number of amides is 1. The van der Waals surface area contributed by atoms with Gasteiger partial charge in [-0.15, -0.1) is 0 Å². The van der Waals surface area contributed by atoms with E-state index in [1.165, 1.54) is 31.0 Å². The van der Waals surface area contributed by atoms with Gasteiger partial charge in [-0.05, 0) is 18.6 Å². The highest BCUT2D eigenvalue weighted by molar-refractivity contribution is 8.15. The maximum atomic E-state index is 11.8. The summed E-state index contributed by atoms with van der Waals surface area (Å²) in [5.41, 5.74) is 0.775. The van der Waals surface area contributed by atoms with Gasteiger partial charge in [0.2, 0.25) is 5.91 Å². The lowest BCUT2D eigenvalue weighted by Gasteiger charge is -2.03. The molecule has 0 aliphatic carbocycles. The standard InChI is InChI=1S/C14H19N3OS/c1-2-3-4-5-8-12-13(18)17-14(19-12)16-11-7-6-9-15-10-11/h6-7,9-10,12H,2-5,8H2,1H3,(H,16,17,18). The van der Waals surface area contributed by atoms with Crippen LogP contribution in [0, 0.1) is 0 Å². The fourth-order valence-electron chi connectivity index (χ4n) is 1.94. The van der Waals surface area contributed by atoms with Gasteiger partial charge in [0.25, 0.3) is 0 Å². The van der Waals surface area contributed by atoms with Crippen LogP contribution in [0.25, 0.3) is 0 Å². The average molecular weight is 277 g/mol. The fraction of sp³-hybridized carbons (Fsp3) is 0.500. The molecule has 1 aliphatic heterocycles. The topological polar surface area (TPSA) is 54.4 Å². The molecule has 1 amide bonds. The average Bonchev–Trinajstić information content (AvgIpc) is 2.76. The highest BCUT2D eigenvalue weighted by Gasteiger charge is 2.29. The maximum absolute atomic E-state index is 11.8. The molecule has 1 aliphatic rings. The Bertz CT molecular complexity index is 447. The van der Waals surface area contributed by atoms with Crippen LogP contribution in [0.2, 0.25) is 0 Å². The largest absolute Gasteiger partial charge is 0.304 e. The van der Waals surface area contributed by atoms with Crippen LogP contribution in [0.15, 0.2) is 29.5 Å². The first-order valence-electron chi connectivity index (χ1n) is 6.76. The van der Waals surface area contributed by atoms with Gasteiger partial charge in [0.05, 0.1) is 17.1 Å². The molecule has 1 atom stereocenters. The van der Waals surface area contributed by atoms with Gasteiger partial charge in [-0.1, -0.05) is 44.4 Å². The molecular formula is C14H19N3OS. The molecule has 1 fully saturated rings. The number of thioether (sulfide) groups is 1. The number of unbranched alkanes of at least 4 members (excludes halogenated alkanes) is 3. The summed E-state index contributed by atoms with van der Waals surface area (Å²) in [5, 5.41) is 3.55. The van der Waals surface area contributed by atoms with Gasteiger partial charge in [0.1, 0.15) is 0 Å². The smallest absolute Gasteiger partial charge is 0.239 e. The predicted octanol–water partition coefficient (Wildman–Crippen LogP) is 3.27. The first-order valence-corrected chi connectivity index (χ1v) is 7.64. The first-order chi connectivity index (χ1) is 9.29. The number of aliphatic imine (C=N–C) groups is 1. The van der Waals surface area contributed by atoms with E-state index in [1.807, 2.05) is 12.1 Å². The second kappa shape index (κ2) is 7.28. The Kier molecular flexibility index (Phi) is 5.39. The predicted molar refractivity (Wildman–Crippen MR) is 79.6 cm³/mol. The summed E-state index contributed by atoms with van der Waals surface area (Å²) in [6, 6.07) is 3.71. The summed E-state index contributed by atoms with van der Waals surface area (Å²) in [6.07, 6.45) is 9.11. The van der Waals surface area contributed by atoms with Crippen LogP contribution >= 0.6 is 11.8 Å². The van der Waals surface area contributed by atoms with E-state index in [-0.39, 0.29) is 11.2 Å². The highest BCUT2D eigenvalue weighted by atomic mass is 32.2. The van der Waals surface area contributed by atoms with Gasteiger partial charge >= 0.3 is 0 Å². The van der Waals surface area contributed by atoms with Crippen LogP contribution in [0.1, 0.15) is 39.0 Å². The molecule has 1 aromatic heterocycles. The SMILES string of the molecule is CCCCCCC1SC(=Nc2cccnc2)NC1=O. The summed E-state index contributed by atoms with van der Waals surface area (Å²) in [7, 11) is 0. The highest BCUT2D eigenvalue weighted by Crippen LogP contribution is 2.26. The van der Waals surface area contributed by atoms with Crippen molar-refractivity contribution in [2.24, 2.45) is 4.99 Å². The molecule has 19 heavy (non-hydrogen) atoms. The van der Waals surface area contributed by atoms with E-state index < -0.39 is 0 Å². The van der Waals surface area contributed by atoms with Crippen molar-refractivity contribution < 1.29 is 4.79 Å². The van der Waals surface area contributed by atoms with Crippen molar-refractivity contribution >= 4 is 28.5 Å². The maximum Gasteiger partial charge on any atom is 0.239 e. The number of rotatable bonds is 6. The molecule has 1 aromatic rings. The van der Waals surface area contributed by atoms with Crippen molar-refractivity contribution in [3.8, 4) is 0 Å². The van der Waals surface area contributed by atoms with Crippen molar-refractivity contribution in [2.75, 3.05) is 0 Å². The minimum atomic E-state index is 0.0206. The number of nitrogens with zero attached hydrogens (tertiary/aromatic N) is 2. The van der Waals surface area contributed by atoms with Crippen molar-refractivity contribution in [1.29, 1.82) is 0 Å². The molecule has 1 N–H and O–H groups in total. The zero-order valence-electron chi connectivity index (χ0n) is 11.1. The monoisotopic (exact) mass is 277 g/mol. The first kappa shape index (κ1) is 14.1. The summed E-state index contributed by atoms with van der Waals surface area (Å²) in [5.74, 6) is 0.0872. The molecule has 0 radical (unpaired) electrons. The van der Waals surface area contributed by atoms with E-state index in [0.717, 1.165) is 18.5 Å². The molecule has 102 valence electrons. The fourth-order valence-corrected chi connectivity index (χ4v) is 2.98. The van der Waals surface area contributed by atoms with Crippen molar-refractivity contribution in [3.05, 3.63) is 24.5 Å². The third-order valence-electron chi connectivity index (χ3n) is 2.97. The Morgan fingerprint density at radius 2 is 2.32 bits per heavy atom. The number of nitrogens with one attached hydrogen (secondary N) is 1. The third-order valence-corrected chi connectivity index (χ3v) is 4.12. The quantitative estimate of drug-likeness (QED) is 0.812. The van der Waals surface area contributed by atoms with E-state index in [1.54, 1.807) is 12.4 Å². The molecule has 4 nitrogen and oxygen atoms in total. The van der Waals surface area contributed by atoms with E-state index in [0.29, 0.717) is 5.17 Å². The normalized spacial score (nSPS) is 20.8. The Balaban J connectivity index is 1.87. The molecular weight excluding hydrogens is 258 g/mol. The summed E-state index contributed by atoms with van der Waals surface area (Å²) in [6.45, 7) is 2.19. The molecule has 0 bridgehead atoms. The Hall–Kier alpha value is -1.36. The van der Waals surface area contributed by atoms with Crippen LogP contribution in [-0.2, 0) is 4.79 Å². The molecule has 5 heteroatoms. The van der Waals surface area contributed by atoms with Gasteiger partial charge in [-0.3, -0.25) is 9.78 Å². The van der Waals surface area contributed by atoms with Gasteiger partial charge in [0, 0.05) is 6.20 Å².